The van der Waals surface area contributed by atoms with Gasteiger partial charge in [-0.25, -0.2) is 4.98 Å². The molecule has 1 aromatic heterocycles. The number of nitrogens with one attached hydrogen (secondary N) is 1. The largest absolute Gasteiger partial charge is 0.322 e. The molecule has 8 heteroatoms. The maximum atomic E-state index is 12.6. The summed E-state index contributed by atoms with van der Waals surface area (Å²) >= 11 is 4.78. The summed E-state index contributed by atoms with van der Waals surface area (Å²) in [6.07, 6.45) is 1.63. The quantitative estimate of drug-likeness (QED) is 0.317. The van der Waals surface area contributed by atoms with E-state index in [4.69, 9.17) is 0 Å². The van der Waals surface area contributed by atoms with Crippen molar-refractivity contribution in [2.45, 2.75) is 10.8 Å². The molecule has 0 radical (unpaired) electrons. The first-order valence-corrected chi connectivity index (χ1v) is 9.69. The number of rotatable bonds is 6. The number of benzene rings is 2. The third kappa shape index (κ3) is 5.15. The Morgan fingerprint density at radius 2 is 1.93 bits per heavy atom. The van der Waals surface area contributed by atoms with Gasteiger partial charge in [-0.15, -0.1) is 11.8 Å². The lowest BCUT2D eigenvalue weighted by molar-refractivity contribution is -0.384. The number of non-ortho nitro benzene ring substituents is 1. The van der Waals surface area contributed by atoms with Gasteiger partial charge in [0.05, 0.1) is 10.5 Å². The van der Waals surface area contributed by atoms with E-state index in [9.17, 15) is 14.9 Å². The van der Waals surface area contributed by atoms with E-state index in [1.54, 1.807) is 30.5 Å². The van der Waals surface area contributed by atoms with Crippen LogP contribution in [0.2, 0.25) is 0 Å². The fourth-order valence-corrected chi connectivity index (χ4v) is 3.66. The van der Waals surface area contributed by atoms with Crippen LogP contribution in [0, 0.1) is 10.1 Å². The van der Waals surface area contributed by atoms with E-state index >= 15 is 0 Å². The van der Waals surface area contributed by atoms with Gasteiger partial charge in [-0.05, 0) is 35.9 Å². The van der Waals surface area contributed by atoms with Crippen molar-refractivity contribution in [2.75, 3.05) is 5.32 Å². The predicted octanol–water partition coefficient (Wildman–Crippen LogP) is 5.30. The maximum Gasteiger partial charge on any atom is 0.269 e. The summed E-state index contributed by atoms with van der Waals surface area (Å²) in [5.41, 5.74) is 2.12. The topological polar surface area (TPSA) is 85.1 Å². The first kappa shape index (κ1) is 19.1. The molecular formula is C19H14BrN3O3S. The lowest BCUT2D eigenvalue weighted by Crippen LogP contribution is -2.13. The number of hydrogen-bond acceptors (Lipinski definition) is 5. The zero-order valence-corrected chi connectivity index (χ0v) is 16.4. The zero-order chi connectivity index (χ0) is 19.2. The van der Waals surface area contributed by atoms with E-state index in [-0.39, 0.29) is 11.6 Å². The van der Waals surface area contributed by atoms with Gasteiger partial charge in [0.15, 0.2) is 0 Å². The summed E-state index contributed by atoms with van der Waals surface area (Å²) in [7, 11) is 0. The van der Waals surface area contributed by atoms with Gasteiger partial charge in [-0.2, -0.15) is 0 Å². The number of amides is 1. The van der Waals surface area contributed by atoms with Gasteiger partial charge < -0.3 is 5.32 Å². The molecule has 0 spiro atoms. The number of nitro groups is 1. The second kappa shape index (κ2) is 8.79. The fourth-order valence-electron chi connectivity index (χ4n) is 2.31. The standard InChI is InChI=1S/C19H14BrN3O3S/c20-14-3-1-4-15(11-14)22-18(24)17-5-2-10-21-19(17)27-12-13-6-8-16(9-7-13)23(25)26/h1-11H,12H2,(H,22,24). The molecule has 3 rings (SSSR count). The van der Waals surface area contributed by atoms with Crippen molar-refractivity contribution in [3.63, 3.8) is 0 Å². The van der Waals surface area contributed by atoms with E-state index in [2.05, 4.69) is 26.2 Å². The van der Waals surface area contributed by atoms with Gasteiger partial charge in [0.1, 0.15) is 5.03 Å². The minimum Gasteiger partial charge on any atom is -0.322 e. The summed E-state index contributed by atoms with van der Waals surface area (Å²) < 4.78 is 0.874. The number of thioether (sulfide) groups is 1. The third-order valence-corrected chi connectivity index (χ3v) is 5.19. The summed E-state index contributed by atoms with van der Waals surface area (Å²) in [6.45, 7) is 0. The molecule has 136 valence electrons. The maximum absolute atomic E-state index is 12.6. The number of carbonyl (C=O) groups excluding carboxylic acids is 1. The lowest BCUT2D eigenvalue weighted by Gasteiger charge is -2.09. The van der Waals surface area contributed by atoms with E-state index in [0.717, 1.165) is 10.0 Å². The van der Waals surface area contributed by atoms with Crippen molar-refractivity contribution >= 4 is 45.0 Å². The lowest BCUT2D eigenvalue weighted by atomic mass is 10.2. The molecule has 27 heavy (non-hydrogen) atoms. The fraction of sp³-hybridized carbons (Fsp3) is 0.0526. The summed E-state index contributed by atoms with van der Waals surface area (Å²) in [6, 6.07) is 17.1. The Bertz CT molecular complexity index is 980. The third-order valence-electron chi connectivity index (χ3n) is 3.62. The van der Waals surface area contributed by atoms with Crippen LogP contribution >= 0.6 is 27.7 Å². The van der Waals surface area contributed by atoms with Crippen molar-refractivity contribution in [1.29, 1.82) is 0 Å². The van der Waals surface area contributed by atoms with E-state index in [0.29, 0.717) is 22.0 Å². The summed E-state index contributed by atoms with van der Waals surface area (Å²) in [5.74, 6) is 0.305. The van der Waals surface area contributed by atoms with Crippen LogP contribution in [0.4, 0.5) is 11.4 Å². The summed E-state index contributed by atoms with van der Waals surface area (Å²) in [5, 5.41) is 14.2. The summed E-state index contributed by atoms with van der Waals surface area (Å²) in [4.78, 5) is 27.2. The molecule has 0 bridgehead atoms. The molecule has 0 unspecified atom stereocenters. The van der Waals surface area contributed by atoms with Crippen LogP contribution < -0.4 is 5.32 Å². The highest BCUT2D eigenvalue weighted by atomic mass is 79.9. The van der Waals surface area contributed by atoms with Crippen LogP contribution in [0.5, 0.6) is 0 Å². The molecule has 6 nitrogen and oxygen atoms in total. The first-order valence-electron chi connectivity index (χ1n) is 7.91. The molecule has 1 heterocycles. The molecule has 0 fully saturated rings. The molecule has 0 aliphatic carbocycles. The molecule has 0 atom stereocenters. The minimum atomic E-state index is -0.431. The van der Waals surface area contributed by atoms with E-state index in [1.807, 2.05) is 24.3 Å². The zero-order valence-electron chi connectivity index (χ0n) is 14.0. The number of pyridine rings is 1. The van der Waals surface area contributed by atoms with Crippen LogP contribution in [0.25, 0.3) is 0 Å². The second-order valence-electron chi connectivity index (χ2n) is 5.53. The van der Waals surface area contributed by atoms with Gasteiger partial charge in [-0.1, -0.05) is 34.1 Å². The molecule has 0 aliphatic rings. The Kier molecular flexibility index (Phi) is 6.20. The first-order chi connectivity index (χ1) is 13.0. The Morgan fingerprint density at radius 3 is 2.63 bits per heavy atom. The second-order valence-corrected chi connectivity index (χ2v) is 7.41. The van der Waals surface area contributed by atoms with Crippen LogP contribution in [0.3, 0.4) is 0 Å². The highest BCUT2D eigenvalue weighted by Gasteiger charge is 2.14. The molecule has 0 aliphatic heterocycles. The average Bonchev–Trinajstić information content (AvgIpc) is 2.67. The van der Waals surface area contributed by atoms with Crippen molar-refractivity contribution in [3.8, 4) is 0 Å². The highest BCUT2D eigenvalue weighted by Crippen LogP contribution is 2.26. The minimum absolute atomic E-state index is 0.0516. The Morgan fingerprint density at radius 1 is 1.15 bits per heavy atom. The van der Waals surface area contributed by atoms with Crippen LogP contribution in [-0.4, -0.2) is 15.8 Å². The molecule has 3 aromatic rings. The molecule has 0 saturated carbocycles. The number of aromatic nitrogens is 1. The monoisotopic (exact) mass is 443 g/mol. The number of nitrogens with zero attached hydrogens (tertiary/aromatic N) is 2. The number of carbonyl (C=O) groups is 1. The van der Waals surface area contributed by atoms with Gasteiger partial charge in [0.25, 0.3) is 11.6 Å². The molecule has 1 N–H and O–H groups in total. The molecular weight excluding hydrogens is 430 g/mol. The molecule has 2 aromatic carbocycles. The van der Waals surface area contributed by atoms with Crippen LogP contribution in [-0.2, 0) is 5.75 Å². The smallest absolute Gasteiger partial charge is 0.269 e. The van der Waals surface area contributed by atoms with Gasteiger partial charge in [-0.3, -0.25) is 14.9 Å². The van der Waals surface area contributed by atoms with E-state index < -0.39 is 4.92 Å². The van der Waals surface area contributed by atoms with Crippen LogP contribution in [0.15, 0.2) is 76.4 Å². The van der Waals surface area contributed by atoms with Crippen molar-refractivity contribution in [1.82, 2.24) is 4.98 Å². The Labute approximate surface area is 168 Å². The number of anilines is 1. The Balaban J connectivity index is 1.71. The van der Waals surface area contributed by atoms with Crippen molar-refractivity contribution in [2.24, 2.45) is 0 Å². The SMILES string of the molecule is O=C(Nc1cccc(Br)c1)c1cccnc1SCc1ccc([N+](=O)[O-])cc1. The molecule has 1 amide bonds. The average molecular weight is 444 g/mol. The van der Waals surface area contributed by atoms with Gasteiger partial charge >= 0.3 is 0 Å². The number of nitro benzene ring substituents is 1. The Hall–Kier alpha value is -2.71. The van der Waals surface area contributed by atoms with Crippen molar-refractivity contribution in [3.05, 3.63) is 92.6 Å². The number of hydrogen-bond donors (Lipinski definition) is 1. The number of halogens is 1. The van der Waals surface area contributed by atoms with E-state index in [1.165, 1.54) is 23.9 Å². The van der Waals surface area contributed by atoms with Crippen molar-refractivity contribution < 1.29 is 9.72 Å². The van der Waals surface area contributed by atoms with Gasteiger partial charge in [0, 0.05) is 34.2 Å². The predicted molar refractivity (Wildman–Crippen MR) is 109 cm³/mol. The van der Waals surface area contributed by atoms with Gasteiger partial charge in [0.2, 0.25) is 0 Å². The van der Waals surface area contributed by atoms with Crippen LogP contribution in [0.1, 0.15) is 15.9 Å². The normalized spacial score (nSPS) is 10.4. The highest BCUT2D eigenvalue weighted by molar-refractivity contribution is 9.10. The molecule has 0 saturated heterocycles.